The number of ether oxygens (including phenoxy) is 1. The molecule has 4 nitrogen and oxygen atoms in total. The Kier molecular flexibility index (Phi) is 5.24. The zero-order valence-electron chi connectivity index (χ0n) is 11.7. The molecule has 1 aromatic carbocycles. The molecule has 0 unspecified atom stereocenters. The lowest BCUT2D eigenvalue weighted by molar-refractivity contribution is -0.120. The van der Waals surface area contributed by atoms with Crippen molar-refractivity contribution in [3.63, 3.8) is 0 Å². The standard InChI is InChI=1S/C16H20N2O2/c1-2-20-15-7-5-14(6-8-15)13-16(19)17-9-12-18-10-3-4-11-18/h3-8,10-11H,2,9,12-13H2,1H3,(H,17,19). The van der Waals surface area contributed by atoms with Crippen molar-refractivity contribution in [3.8, 4) is 5.75 Å². The normalized spacial score (nSPS) is 10.2. The fraction of sp³-hybridized carbons (Fsp3) is 0.312. The van der Waals surface area contributed by atoms with Crippen LogP contribution in [-0.2, 0) is 17.8 Å². The van der Waals surface area contributed by atoms with Crippen LogP contribution in [0.3, 0.4) is 0 Å². The fourth-order valence-corrected chi connectivity index (χ4v) is 1.96. The zero-order chi connectivity index (χ0) is 14.2. The van der Waals surface area contributed by atoms with Gasteiger partial charge < -0.3 is 14.6 Å². The van der Waals surface area contributed by atoms with Crippen LogP contribution in [-0.4, -0.2) is 23.6 Å². The van der Waals surface area contributed by atoms with E-state index in [9.17, 15) is 4.79 Å². The van der Waals surface area contributed by atoms with Crippen molar-refractivity contribution >= 4 is 5.91 Å². The lowest BCUT2D eigenvalue weighted by Gasteiger charge is -2.07. The second-order valence-electron chi connectivity index (χ2n) is 4.52. The smallest absolute Gasteiger partial charge is 0.224 e. The summed E-state index contributed by atoms with van der Waals surface area (Å²) in [6.45, 7) is 4.04. The molecular formula is C16H20N2O2. The van der Waals surface area contributed by atoms with Gasteiger partial charge in [0.1, 0.15) is 5.75 Å². The Labute approximate surface area is 119 Å². The van der Waals surface area contributed by atoms with E-state index in [1.165, 1.54) is 0 Å². The van der Waals surface area contributed by atoms with Crippen LogP contribution >= 0.6 is 0 Å². The Hall–Kier alpha value is -2.23. The zero-order valence-corrected chi connectivity index (χ0v) is 11.7. The van der Waals surface area contributed by atoms with Crippen molar-refractivity contribution in [1.82, 2.24) is 9.88 Å². The minimum atomic E-state index is 0.0429. The summed E-state index contributed by atoms with van der Waals surface area (Å²) in [6, 6.07) is 11.6. The first kappa shape index (κ1) is 14.2. The summed E-state index contributed by atoms with van der Waals surface area (Å²) in [7, 11) is 0. The molecule has 0 bridgehead atoms. The second-order valence-corrected chi connectivity index (χ2v) is 4.52. The van der Waals surface area contributed by atoms with Crippen molar-refractivity contribution in [2.45, 2.75) is 19.9 Å². The van der Waals surface area contributed by atoms with E-state index in [1.54, 1.807) is 0 Å². The third kappa shape index (κ3) is 4.46. The van der Waals surface area contributed by atoms with Gasteiger partial charge in [0.25, 0.3) is 0 Å². The molecular weight excluding hydrogens is 252 g/mol. The Balaban J connectivity index is 1.73. The molecule has 1 amide bonds. The molecule has 0 saturated heterocycles. The molecule has 0 aliphatic heterocycles. The van der Waals surface area contributed by atoms with Crippen molar-refractivity contribution < 1.29 is 9.53 Å². The molecule has 20 heavy (non-hydrogen) atoms. The van der Waals surface area contributed by atoms with Gasteiger partial charge in [-0.2, -0.15) is 0 Å². The van der Waals surface area contributed by atoms with Gasteiger partial charge in [0, 0.05) is 25.5 Å². The van der Waals surface area contributed by atoms with Gasteiger partial charge in [0.2, 0.25) is 5.91 Å². The predicted octanol–water partition coefficient (Wildman–Crippen LogP) is 2.25. The highest BCUT2D eigenvalue weighted by molar-refractivity contribution is 5.78. The number of aromatic nitrogens is 1. The fourth-order valence-electron chi connectivity index (χ4n) is 1.96. The van der Waals surface area contributed by atoms with E-state index in [2.05, 4.69) is 5.32 Å². The highest BCUT2D eigenvalue weighted by Crippen LogP contribution is 2.12. The number of benzene rings is 1. The number of hydrogen-bond donors (Lipinski definition) is 1. The molecule has 106 valence electrons. The lowest BCUT2D eigenvalue weighted by atomic mass is 10.1. The molecule has 2 rings (SSSR count). The van der Waals surface area contributed by atoms with Gasteiger partial charge >= 0.3 is 0 Å². The molecule has 2 aromatic rings. The first-order valence-electron chi connectivity index (χ1n) is 6.87. The summed E-state index contributed by atoms with van der Waals surface area (Å²) >= 11 is 0. The van der Waals surface area contributed by atoms with E-state index in [0.29, 0.717) is 19.6 Å². The Bertz CT molecular complexity index is 518. The summed E-state index contributed by atoms with van der Waals surface area (Å²) < 4.78 is 7.41. The van der Waals surface area contributed by atoms with E-state index >= 15 is 0 Å². The van der Waals surface area contributed by atoms with E-state index in [0.717, 1.165) is 17.9 Å². The molecule has 0 aliphatic carbocycles. The molecule has 0 atom stereocenters. The molecule has 0 saturated carbocycles. The van der Waals surface area contributed by atoms with Crippen LogP contribution in [0.15, 0.2) is 48.8 Å². The molecule has 1 heterocycles. The summed E-state index contributed by atoms with van der Waals surface area (Å²) in [4.78, 5) is 11.8. The van der Waals surface area contributed by atoms with Crippen LogP contribution in [0.4, 0.5) is 0 Å². The largest absolute Gasteiger partial charge is 0.494 e. The Morgan fingerprint density at radius 1 is 1.20 bits per heavy atom. The van der Waals surface area contributed by atoms with Crippen LogP contribution in [0.25, 0.3) is 0 Å². The van der Waals surface area contributed by atoms with Gasteiger partial charge in [0.15, 0.2) is 0 Å². The predicted molar refractivity (Wildman–Crippen MR) is 78.8 cm³/mol. The van der Waals surface area contributed by atoms with Gasteiger partial charge in [-0.3, -0.25) is 4.79 Å². The number of nitrogens with zero attached hydrogens (tertiary/aromatic N) is 1. The topological polar surface area (TPSA) is 43.3 Å². The number of nitrogens with one attached hydrogen (secondary N) is 1. The van der Waals surface area contributed by atoms with E-state index in [-0.39, 0.29) is 5.91 Å². The van der Waals surface area contributed by atoms with Crippen molar-refractivity contribution in [2.75, 3.05) is 13.2 Å². The number of hydrogen-bond acceptors (Lipinski definition) is 2. The summed E-state index contributed by atoms with van der Waals surface area (Å²) in [5.74, 6) is 0.880. The lowest BCUT2D eigenvalue weighted by Crippen LogP contribution is -2.28. The molecule has 4 heteroatoms. The average Bonchev–Trinajstić information content (AvgIpc) is 2.94. The molecule has 1 N–H and O–H groups in total. The summed E-state index contributed by atoms with van der Waals surface area (Å²) in [5.41, 5.74) is 0.993. The highest BCUT2D eigenvalue weighted by atomic mass is 16.5. The molecule has 0 aliphatic rings. The van der Waals surface area contributed by atoms with Gasteiger partial charge in [-0.25, -0.2) is 0 Å². The number of amides is 1. The van der Waals surface area contributed by atoms with E-state index in [4.69, 9.17) is 4.74 Å². The van der Waals surface area contributed by atoms with Crippen LogP contribution in [0, 0.1) is 0 Å². The second kappa shape index (κ2) is 7.38. The minimum absolute atomic E-state index is 0.0429. The SMILES string of the molecule is CCOc1ccc(CC(=O)NCCn2cccc2)cc1. The van der Waals surface area contributed by atoms with Gasteiger partial charge in [0.05, 0.1) is 13.0 Å². The number of carbonyl (C=O) groups is 1. The molecule has 0 fully saturated rings. The van der Waals surface area contributed by atoms with Crippen molar-refractivity contribution in [3.05, 3.63) is 54.4 Å². The number of rotatable bonds is 7. The van der Waals surface area contributed by atoms with E-state index < -0.39 is 0 Å². The van der Waals surface area contributed by atoms with E-state index in [1.807, 2.05) is 60.3 Å². The van der Waals surface area contributed by atoms with Gasteiger partial charge in [-0.1, -0.05) is 12.1 Å². The van der Waals surface area contributed by atoms with Crippen LogP contribution < -0.4 is 10.1 Å². The third-order valence-corrected chi connectivity index (χ3v) is 2.96. The monoisotopic (exact) mass is 272 g/mol. The maximum atomic E-state index is 11.8. The highest BCUT2D eigenvalue weighted by Gasteiger charge is 2.03. The summed E-state index contributed by atoms with van der Waals surface area (Å²) in [5, 5.41) is 2.92. The first-order valence-corrected chi connectivity index (χ1v) is 6.87. The minimum Gasteiger partial charge on any atom is -0.494 e. The summed E-state index contributed by atoms with van der Waals surface area (Å²) in [6.07, 6.45) is 4.37. The quantitative estimate of drug-likeness (QED) is 0.840. The Morgan fingerprint density at radius 2 is 1.90 bits per heavy atom. The molecule has 0 radical (unpaired) electrons. The van der Waals surface area contributed by atoms with Crippen molar-refractivity contribution in [1.29, 1.82) is 0 Å². The maximum absolute atomic E-state index is 11.8. The van der Waals surface area contributed by atoms with Crippen LogP contribution in [0.5, 0.6) is 5.75 Å². The van der Waals surface area contributed by atoms with Crippen LogP contribution in [0.2, 0.25) is 0 Å². The first-order chi connectivity index (χ1) is 9.78. The van der Waals surface area contributed by atoms with Crippen LogP contribution in [0.1, 0.15) is 12.5 Å². The van der Waals surface area contributed by atoms with Gasteiger partial charge in [-0.05, 0) is 36.8 Å². The Morgan fingerprint density at radius 3 is 2.55 bits per heavy atom. The molecule has 1 aromatic heterocycles. The number of carbonyl (C=O) groups excluding carboxylic acids is 1. The average molecular weight is 272 g/mol. The third-order valence-electron chi connectivity index (χ3n) is 2.96. The van der Waals surface area contributed by atoms with Gasteiger partial charge in [-0.15, -0.1) is 0 Å². The molecule has 0 spiro atoms. The maximum Gasteiger partial charge on any atom is 0.224 e. The van der Waals surface area contributed by atoms with Crippen molar-refractivity contribution in [2.24, 2.45) is 0 Å².